The number of thiazole rings is 1. The molecule has 7 heteroatoms. The van der Waals surface area contributed by atoms with Crippen LogP contribution < -0.4 is 11.1 Å². The topological polar surface area (TPSA) is 77.2 Å². The van der Waals surface area contributed by atoms with Gasteiger partial charge in [0.05, 0.1) is 0 Å². The smallest absolute Gasteiger partial charge is 0.270 e. The van der Waals surface area contributed by atoms with E-state index in [1.165, 1.54) is 37.0 Å². The standard InChI is InChI=1S/C14H23N3O2S.ClH/c1-19-7-6-14(4-2-3-5-14)10-16-13(18)11-9-20-12(8-15)17-11;/h9H,2-8,10,15H2,1H3,(H,16,18);1H. The molecule has 120 valence electrons. The van der Waals surface area contributed by atoms with Crippen molar-refractivity contribution < 1.29 is 9.53 Å². The Kier molecular flexibility index (Phi) is 7.59. The van der Waals surface area contributed by atoms with Gasteiger partial charge in [-0.05, 0) is 24.7 Å². The van der Waals surface area contributed by atoms with E-state index in [1.807, 2.05) is 0 Å². The highest BCUT2D eigenvalue weighted by Crippen LogP contribution is 2.40. The zero-order valence-corrected chi connectivity index (χ0v) is 14.0. The van der Waals surface area contributed by atoms with Gasteiger partial charge in [-0.1, -0.05) is 12.8 Å². The molecule has 2 rings (SSSR count). The molecule has 0 spiro atoms. The summed E-state index contributed by atoms with van der Waals surface area (Å²) >= 11 is 1.43. The second kappa shape index (κ2) is 8.68. The van der Waals surface area contributed by atoms with E-state index in [0.29, 0.717) is 18.8 Å². The number of ether oxygens (including phenoxy) is 1. The lowest BCUT2D eigenvalue weighted by molar-refractivity contribution is 0.0899. The van der Waals surface area contributed by atoms with Crippen molar-refractivity contribution in [2.24, 2.45) is 11.1 Å². The van der Waals surface area contributed by atoms with Gasteiger partial charge in [-0.2, -0.15) is 0 Å². The van der Waals surface area contributed by atoms with Gasteiger partial charge in [0.15, 0.2) is 0 Å². The molecule has 1 aromatic rings. The molecule has 1 aliphatic carbocycles. The van der Waals surface area contributed by atoms with Gasteiger partial charge in [0, 0.05) is 32.2 Å². The van der Waals surface area contributed by atoms with E-state index in [9.17, 15) is 4.79 Å². The highest BCUT2D eigenvalue weighted by atomic mass is 35.5. The maximum atomic E-state index is 12.1. The van der Waals surface area contributed by atoms with Crippen LogP contribution in [0.1, 0.15) is 47.6 Å². The molecule has 1 heterocycles. The molecule has 5 nitrogen and oxygen atoms in total. The molecule has 0 unspecified atom stereocenters. The van der Waals surface area contributed by atoms with Crippen LogP contribution in [0.4, 0.5) is 0 Å². The highest BCUT2D eigenvalue weighted by molar-refractivity contribution is 7.09. The molecule has 0 saturated heterocycles. The number of nitrogens with two attached hydrogens (primary N) is 1. The summed E-state index contributed by atoms with van der Waals surface area (Å²) in [4.78, 5) is 16.3. The molecular formula is C14H24ClN3O2S. The van der Waals surface area contributed by atoms with Crippen molar-refractivity contribution in [1.29, 1.82) is 0 Å². The number of hydrogen-bond acceptors (Lipinski definition) is 5. The fourth-order valence-corrected chi connectivity index (χ4v) is 3.48. The first-order valence-electron chi connectivity index (χ1n) is 7.11. The van der Waals surface area contributed by atoms with E-state index in [2.05, 4.69) is 10.3 Å². The van der Waals surface area contributed by atoms with Gasteiger partial charge in [-0.25, -0.2) is 4.98 Å². The molecule has 0 bridgehead atoms. The number of methoxy groups -OCH3 is 1. The van der Waals surface area contributed by atoms with E-state index < -0.39 is 0 Å². The van der Waals surface area contributed by atoms with Gasteiger partial charge in [0.2, 0.25) is 0 Å². The van der Waals surface area contributed by atoms with Crippen molar-refractivity contribution in [3.8, 4) is 0 Å². The third-order valence-electron chi connectivity index (χ3n) is 4.08. The first kappa shape index (κ1) is 18.4. The number of halogens is 1. The summed E-state index contributed by atoms with van der Waals surface area (Å²) in [5, 5.41) is 5.61. The molecule has 0 radical (unpaired) electrons. The van der Waals surface area contributed by atoms with Crippen molar-refractivity contribution in [1.82, 2.24) is 10.3 Å². The number of aromatic nitrogens is 1. The van der Waals surface area contributed by atoms with Gasteiger partial charge in [0.1, 0.15) is 10.7 Å². The fraction of sp³-hybridized carbons (Fsp3) is 0.714. The van der Waals surface area contributed by atoms with Crippen LogP contribution in [0.2, 0.25) is 0 Å². The molecule has 0 atom stereocenters. The minimum absolute atomic E-state index is 0. The number of nitrogens with zero attached hydrogens (tertiary/aromatic N) is 1. The number of amides is 1. The Morgan fingerprint density at radius 3 is 2.81 bits per heavy atom. The predicted molar refractivity (Wildman–Crippen MR) is 87.0 cm³/mol. The first-order chi connectivity index (χ1) is 9.69. The molecule has 0 aromatic carbocycles. The van der Waals surface area contributed by atoms with Crippen molar-refractivity contribution in [2.45, 2.75) is 38.6 Å². The molecule has 1 aliphatic rings. The number of rotatable bonds is 7. The summed E-state index contributed by atoms with van der Waals surface area (Å²) in [6, 6.07) is 0. The van der Waals surface area contributed by atoms with E-state index in [4.69, 9.17) is 10.5 Å². The Labute approximate surface area is 136 Å². The highest BCUT2D eigenvalue weighted by Gasteiger charge is 2.33. The zero-order valence-electron chi connectivity index (χ0n) is 12.4. The molecule has 1 fully saturated rings. The van der Waals surface area contributed by atoms with E-state index in [0.717, 1.165) is 18.0 Å². The summed E-state index contributed by atoms with van der Waals surface area (Å²) < 4.78 is 5.20. The number of hydrogen-bond donors (Lipinski definition) is 2. The lowest BCUT2D eigenvalue weighted by Gasteiger charge is -2.28. The Hall–Kier alpha value is -0.690. The summed E-state index contributed by atoms with van der Waals surface area (Å²) in [6.45, 7) is 1.85. The Morgan fingerprint density at radius 1 is 1.52 bits per heavy atom. The average molecular weight is 334 g/mol. The lowest BCUT2D eigenvalue weighted by Crippen LogP contribution is -2.36. The Balaban J connectivity index is 0.00000220. The van der Waals surface area contributed by atoms with Crippen LogP contribution in [0.15, 0.2) is 5.38 Å². The molecule has 0 aliphatic heterocycles. The average Bonchev–Trinajstić information content (AvgIpc) is 3.12. The monoisotopic (exact) mass is 333 g/mol. The Bertz CT molecular complexity index is 447. The summed E-state index contributed by atoms with van der Waals surface area (Å²) in [6.07, 6.45) is 5.83. The van der Waals surface area contributed by atoms with Crippen LogP contribution >= 0.6 is 23.7 Å². The predicted octanol–water partition coefficient (Wildman–Crippen LogP) is 2.35. The summed E-state index contributed by atoms with van der Waals surface area (Å²) in [5.74, 6) is -0.0929. The maximum absolute atomic E-state index is 12.1. The van der Waals surface area contributed by atoms with Crippen LogP contribution in [0.3, 0.4) is 0 Å². The third-order valence-corrected chi connectivity index (χ3v) is 4.95. The third kappa shape index (κ3) is 4.92. The van der Waals surface area contributed by atoms with E-state index in [1.54, 1.807) is 12.5 Å². The number of carbonyl (C=O) groups is 1. The normalized spacial score (nSPS) is 16.5. The van der Waals surface area contributed by atoms with Crippen molar-refractivity contribution in [2.75, 3.05) is 20.3 Å². The molecule has 3 N–H and O–H groups in total. The first-order valence-corrected chi connectivity index (χ1v) is 7.99. The number of nitrogens with one attached hydrogen (secondary N) is 1. The fourth-order valence-electron chi connectivity index (χ4n) is 2.83. The van der Waals surface area contributed by atoms with E-state index in [-0.39, 0.29) is 23.7 Å². The van der Waals surface area contributed by atoms with Gasteiger partial charge in [-0.15, -0.1) is 23.7 Å². The molecule has 1 aromatic heterocycles. The molecule has 1 saturated carbocycles. The van der Waals surface area contributed by atoms with Crippen LogP contribution in [0.25, 0.3) is 0 Å². The van der Waals surface area contributed by atoms with Crippen molar-refractivity contribution in [3.63, 3.8) is 0 Å². The van der Waals surface area contributed by atoms with Crippen molar-refractivity contribution in [3.05, 3.63) is 16.1 Å². The SMILES string of the molecule is COCCC1(CNC(=O)c2csc(CN)n2)CCCC1.Cl. The van der Waals surface area contributed by atoms with Crippen LogP contribution in [0.5, 0.6) is 0 Å². The largest absolute Gasteiger partial charge is 0.385 e. The second-order valence-corrected chi connectivity index (χ2v) is 6.41. The summed E-state index contributed by atoms with van der Waals surface area (Å²) in [5.41, 5.74) is 6.20. The van der Waals surface area contributed by atoms with Gasteiger partial charge >= 0.3 is 0 Å². The lowest BCUT2D eigenvalue weighted by atomic mass is 9.83. The minimum atomic E-state index is -0.0929. The Morgan fingerprint density at radius 2 is 2.24 bits per heavy atom. The molecular weight excluding hydrogens is 310 g/mol. The maximum Gasteiger partial charge on any atom is 0.270 e. The van der Waals surface area contributed by atoms with Crippen LogP contribution in [-0.2, 0) is 11.3 Å². The molecule has 21 heavy (non-hydrogen) atoms. The zero-order chi connectivity index (χ0) is 14.4. The molecule has 1 amide bonds. The van der Waals surface area contributed by atoms with Crippen LogP contribution in [0, 0.1) is 5.41 Å². The van der Waals surface area contributed by atoms with Gasteiger partial charge < -0.3 is 15.8 Å². The summed E-state index contributed by atoms with van der Waals surface area (Å²) in [7, 11) is 1.73. The van der Waals surface area contributed by atoms with Crippen LogP contribution in [-0.4, -0.2) is 31.2 Å². The van der Waals surface area contributed by atoms with Gasteiger partial charge in [0.25, 0.3) is 5.91 Å². The second-order valence-electron chi connectivity index (χ2n) is 5.46. The van der Waals surface area contributed by atoms with E-state index >= 15 is 0 Å². The van der Waals surface area contributed by atoms with Gasteiger partial charge in [-0.3, -0.25) is 4.79 Å². The number of carbonyl (C=O) groups excluding carboxylic acids is 1. The van der Waals surface area contributed by atoms with Crippen molar-refractivity contribution >= 4 is 29.7 Å². The minimum Gasteiger partial charge on any atom is -0.385 e. The quantitative estimate of drug-likeness (QED) is 0.803.